The van der Waals surface area contributed by atoms with E-state index in [1.54, 1.807) is 19.1 Å². The number of aryl methyl sites for hydroxylation is 4. The van der Waals surface area contributed by atoms with Gasteiger partial charge in [0.15, 0.2) is 6.54 Å². The lowest BCUT2D eigenvalue weighted by Crippen LogP contribution is -2.41. The van der Waals surface area contributed by atoms with Gasteiger partial charge in [-0.2, -0.15) is 8.88 Å². The Bertz CT molecular complexity index is 3260. The van der Waals surface area contributed by atoms with Crippen molar-refractivity contribution in [3.63, 3.8) is 0 Å². The summed E-state index contributed by atoms with van der Waals surface area (Å²) in [5, 5.41) is 1.73. The molecule has 8 nitrogen and oxygen atoms in total. The Balaban J connectivity index is 1.27. The lowest BCUT2D eigenvalue weighted by molar-refractivity contribution is -0.145. The standard InChI is InChI=1S/C58H56N3O5S/c1-39(2)58(62)65-48-31-33-59(34-32-48)67(63,64)54-26-14-13-25-51(54)55-49-29-27-46(60(37-44-21-9-7-10-22-44)56-40(3)17-15-18-41(56)4)35-52(49)66-53-36-47(28-30-50(53)55)61(38-45-23-11-8-12-24-45)57-42(5)19-16-20-43(57)6/h7-30,35-36,48H,1,31-34,37-38H2,2-6H3/q+1. The Labute approximate surface area is 394 Å². The molecule has 0 unspecified atom stereocenters. The molecule has 0 saturated carbocycles. The molecule has 1 saturated heterocycles. The molecule has 0 aromatic heterocycles. The summed E-state index contributed by atoms with van der Waals surface area (Å²) in [4.78, 5) is 14.9. The normalized spacial score (nSPS) is 14.0. The highest BCUT2D eigenvalue weighted by molar-refractivity contribution is 7.89. The molecule has 338 valence electrons. The minimum Gasteiger partial charge on any atom is -0.459 e. The van der Waals surface area contributed by atoms with Gasteiger partial charge in [-0.25, -0.2) is 13.2 Å². The first-order chi connectivity index (χ1) is 32.4. The molecule has 1 fully saturated rings. The zero-order chi connectivity index (χ0) is 46.8. The highest BCUT2D eigenvalue weighted by Crippen LogP contribution is 2.45. The number of carbonyl (C=O) groups is 1. The summed E-state index contributed by atoms with van der Waals surface area (Å²) < 4.78 is 46.5. The monoisotopic (exact) mass is 906 g/mol. The van der Waals surface area contributed by atoms with Crippen LogP contribution in [-0.4, -0.2) is 37.9 Å². The van der Waals surface area contributed by atoms with Crippen molar-refractivity contribution >= 4 is 44.0 Å². The molecule has 0 radical (unpaired) electrons. The Kier molecular flexibility index (Phi) is 12.8. The van der Waals surface area contributed by atoms with Crippen molar-refractivity contribution in [3.8, 4) is 22.5 Å². The van der Waals surface area contributed by atoms with Crippen LogP contribution in [0.4, 0.5) is 17.1 Å². The predicted molar refractivity (Wildman–Crippen MR) is 270 cm³/mol. The van der Waals surface area contributed by atoms with Gasteiger partial charge in [-0.15, -0.1) is 0 Å². The fourth-order valence-electron chi connectivity index (χ4n) is 9.57. The van der Waals surface area contributed by atoms with E-state index >= 15 is 0 Å². The van der Waals surface area contributed by atoms with Gasteiger partial charge < -0.3 is 14.1 Å². The molecule has 3 aliphatic rings. The van der Waals surface area contributed by atoms with E-state index in [0.29, 0.717) is 48.4 Å². The van der Waals surface area contributed by atoms with Gasteiger partial charge in [0.2, 0.25) is 21.1 Å². The predicted octanol–water partition coefficient (Wildman–Crippen LogP) is 12.4. The van der Waals surface area contributed by atoms with Crippen LogP contribution in [0.2, 0.25) is 0 Å². The average molecular weight is 907 g/mol. The van der Waals surface area contributed by atoms with Crippen molar-refractivity contribution in [2.24, 2.45) is 0 Å². The number of para-hydroxylation sites is 2. The third-order valence-electron chi connectivity index (χ3n) is 12.9. The largest absolute Gasteiger partial charge is 0.459 e. The third kappa shape index (κ3) is 9.22. The summed E-state index contributed by atoms with van der Waals surface area (Å²) in [6, 6.07) is 53.5. The number of fused-ring (bicyclic) bond motifs is 2. The molecule has 1 aliphatic carbocycles. The Morgan fingerprint density at radius 1 is 0.716 bits per heavy atom. The van der Waals surface area contributed by atoms with E-state index in [-0.39, 0.29) is 24.1 Å². The van der Waals surface area contributed by atoms with Crippen molar-refractivity contribution < 1.29 is 22.4 Å². The van der Waals surface area contributed by atoms with E-state index in [2.05, 4.69) is 165 Å². The molecule has 0 spiro atoms. The Hall–Kier alpha value is -7.07. The quantitative estimate of drug-likeness (QED) is 0.0526. The number of anilines is 2. The minimum absolute atomic E-state index is 0.205. The fourth-order valence-corrected chi connectivity index (χ4v) is 11.2. The van der Waals surface area contributed by atoms with Crippen LogP contribution >= 0.6 is 0 Å². The maximum absolute atomic E-state index is 14.9. The second-order valence-electron chi connectivity index (χ2n) is 17.7. The van der Waals surface area contributed by atoms with E-state index in [1.165, 1.54) is 4.31 Å². The second kappa shape index (κ2) is 19.0. The van der Waals surface area contributed by atoms with Crippen LogP contribution in [0.5, 0.6) is 0 Å². The van der Waals surface area contributed by atoms with Gasteiger partial charge in [0.1, 0.15) is 17.4 Å². The Morgan fingerprint density at radius 3 is 1.99 bits per heavy atom. The first-order valence-electron chi connectivity index (χ1n) is 22.9. The average Bonchev–Trinajstić information content (AvgIpc) is 3.33. The second-order valence-corrected chi connectivity index (χ2v) is 19.7. The maximum atomic E-state index is 14.9. The minimum atomic E-state index is -4.02. The molecule has 6 aromatic rings. The number of hydrogen-bond acceptors (Lipinski definition) is 6. The van der Waals surface area contributed by atoms with Gasteiger partial charge in [0.25, 0.3) is 0 Å². The van der Waals surface area contributed by atoms with E-state index < -0.39 is 16.0 Å². The summed E-state index contributed by atoms with van der Waals surface area (Å²) in [6.07, 6.45) is 0.400. The summed E-state index contributed by atoms with van der Waals surface area (Å²) >= 11 is 0. The van der Waals surface area contributed by atoms with Crippen molar-refractivity contribution in [3.05, 3.63) is 209 Å². The molecule has 2 aliphatic heterocycles. The van der Waals surface area contributed by atoms with Gasteiger partial charge in [0, 0.05) is 87.5 Å². The van der Waals surface area contributed by atoms with Crippen molar-refractivity contribution in [1.82, 2.24) is 8.88 Å². The van der Waals surface area contributed by atoms with Crippen LogP contribution in [0.3, 0.4) is 0 Å². The summed E-state index contributed by atoms with van der Waals surface area (Å²) in [7, 11) is -4.02. The van der Waals surface area contributed by atoms with Gasteiger partial charge in [-0.1, -0.05) is 122 Å². The number of sulfonamides is 1. The number of hydrogen-bond donors (Lipinski definition) is 0. The highest BCUT2D eigenvalue weighted by Gasteiger charge is 2.34. The molecule has 0 amide bonds. The van der Waals surface area contributed by atoms with Crippen LogP contribution in [0.1, 0.15) is 53.1 Å². The number of esters is 1. The summed E-state index contributed by atoms with van der Waals surface area (Å²) in [6.45, 7) is 15.6. The van der Waals surface area contributed by atoms with Crippen molar-refractivity contribution in [1.29, 1.82) is 0 Å². The number of nitrogens with zero attached hydrogens (tertiary/aromatic N) is 3. The molecule has 0 atom stereocenters. The lowest BCUT2D eigenvalue weighted by Gasteiger charge is -2.31. The lowest BCUT2D eigenvalue weighted by atomic mass is 9.93. The van der Waals surface area contributed by atoms with E-state index in [9.17, 15) is 13.2 Å². The smallest absolute Gasteiger partial charge is 0.333 e. The topological polar surface area (TPSA) is 83.1 Å². The first kappa shape index (κ1) is 45.1. The molecular formula is C58H56N3O5S+. The molecule has 9 rings (SSSR count). The van der Waals surface area contributed by atoms with Crippen molar-refractivity contribution in [2.75, 3.05) is 18.0 Å². The van der Waals surface area contributed by atoms with Gasteiger partial charge in [0.05, 0.1) is 11.0 Å². The molecule has 67 heavy (non-hydrogen) atoms. The molecule has 6 aromatic carbocycles. The first-order valence-corrected chi connectivity index (χ1v) is 24.4. The van der Waals surface area contributed by atoms with Crippen LogP contribution < -0.4 is 14.8 Å². The van der Waals surface area contributed by atoms with Crippen molar-refractivity contribution in [2.45, 2.75) is 71.5 Å². The Morgan fingerprint density at radius 2 is 1.33 bits per heavy atom. The number of ether oxygens (including phenoxy) is 1. The molecule has 2 heterocycles. The summed E-state index contributed by atoms with van der Waals surface area (Å²) in [5.41, 5.74) is 13.2. The highest BCUT2D eigenvalue weighted by atomic mass is 32.2. The van der Waals surface area contributed by atoms with Crippen LogP contribution in [0, 0.1) is 27.7 Å². The summed E-state index contributed by atoms with van der Waals surface area (Å²) in [5.74, 6) is 0.163. The number of rotatable bonds is 12. The molecule has 0 N–H and O–H groups in total. The van der Waals surface area contributed by atoms with Gasteiger partial charge in [-0.3, -0.25) is 0 Å². The fraction of sp³-hybridized carbons (Fsp3) is 0.207. The van der Waals surface area contributed by atoms with E-state index in [0.717, 1.165) is 72.3 Å². The van der Waals surface area contributed by atoms with Crippen LogP contribution in [0.15, 0.2) is 179 Å². The van der Waals surface area contributed by atoms with Crippen LogP contribution in [-0.2, 0) is 32.6 Å². The number of benzene rings is 7. The van der Waals surface area contributed by atoms with Gasteiger partial charge in [-0.05, 0) is 88.4 Å². The zero-order valence-electron chi connectivity index (χ0n) is 38.8. The molecular weight excluding hydrogens is 851 g/mol. The zero-order valence-corrected chi connectivity index (χ0v) is 39.6. The maximum Gasteiger partial charge on any atom is 0.333 e. The molecule has 9 heteroatoms. The third-order valence-corrected chi connectivity index (χ3v) is 14.9. The van der Waals surface area contributed by atoms with Crippen LogP contribution in [0.25, 0.3) is 33.4 Å². The number of piperidine rings is 1. The van der Waals surface area contributed by atoms with E-state index in [4.69, 9.17) is 9.15 Å². The van der Waals surface area contributed by atoms with E-state index in [1.807, 2.05) is 24.3 Å². The van der Waals surface area contributed by atoms with Gasteiger partial charge >= 0.3 is 5.97 Å². The SMILES string of the molecule is C=C(C)C(=O)OC1CCN(S(=O)(=O)c2ccccc2-c2c3cc/c(=[N+](/Cc4ccccc4)c4c(C)cccc4C)cc-3oc3cc(N(Cc4ccccc4)c4c(C)cccc4C)ccc23)CC1. The number of carbonyl (C=O) groups excluding carboxylic acids is 1. The molecule has 0 bridgehead atoms.